The van der Waals surface area contributed by atoms with Crippen LogP contribution >= 0.6 is 56.9 Å². The number of piperazine rings is 1. The Morgan fingerprint density at radius 3 is 1.03 bits per heavy atom. The number of hydrogen-bond acceptors (Lipinski definition) is 46. The number of morpholine rings is 1. The number of nitrogens with zero attached hydrogens (tertiary/aromatic N) is 15. The topological polar surface area (TPSA) is 562 Å². The van der Waals surface area contributed by atoms with E-state index in [1.54, 1.807) is 159 Å². The molecule has 8 aromatic heterocycles. The number of likely N-dealkylation sites (N-methyl/N-ethyl adjacent to an activating group) is 1. The highest BCUT2D eigenvalue weighted by atomic mass is 35.5. The third kappa shape index (κ3) is 33.0. The lowest BCUT2D eigenvalue weighted by atomic mass is 10.2. The molecular weight excluding hydrogens is 1990 g/mol. The Bertz CT molecular complexity index is 6760. The third-order valence-corrected chi connectivity index (χ3v) is 28.8. The molecule has 14 rings (SSSR count). The van der Waals surface area contributed by atoms with Crippen molar-refractivity contribution >= 4 is 205 Å². The van der Waals surface area contributed by atoms with Crippen LogP contribution in [0.4, 0.5) is 85.0 Å². The van der Waals surface area contributed by atoms with Gasteiger partial charge in [0.05, 0.1) is 82.0 Å². The normalized spacial score (nSPS) is 12.9. The molecule has 0 saturated carbocycles. The summed E-state index contributed by atoms with van der Waals surface area (Å²) in [6, 6.07) is 33.3. The molecule has 0 amide bonds. The van der Waals surface area contributed by atoms with Crippen LogP contribution in [0.15, 0.2) is 141 Å². The molecule has 748 valence electrons. The predicted molar refractivity (Wildman–Crippen MR) is 543 cm³/mol. The van der Waals surface area contributed by atoms with Crippen LogP contribution < -0.4 is 63.2 Å². The zero-order chi connectivity index (χ0) is 101. The van der Waals surface area contributed by atoms with E-state index < -0.39 is 63.4 Å². The third-order valence-electron chi connectivity index (χ3n) is 20.1. The number of sulfone groups is 3. The molecule has 4 aromatic carbocycles. The summed E-state index contributed by atoms with van der Waals surface area (Å²) < 4.78 is 119. The molecule has 0 atom stereocenters. The van der Waals surface area contributed by atoms with Gasteiger partial charge in [0, 0.05) is 122 Å². The molecule has 0 spiro atoms. The summed E-state index contributed by atoms with van der Waals surface area (Å²) in [6.07, 6.45) is 4.48. The van der Waals surface area contributed by atoms with E-state index in [0.29, 0.717) is 142 Å². The zero-order valence-electron chi connectivity index (χ0n) is 78.9. The molecule has 43 nitrogen and oxygen atoms in total. The van der Waals surface area contributed by atoms with E-state index in [0.717, 1.165) is 129 Å². The van der Waals surface area contributed by atoms with Crippen LogP contribution in [0.2, 0.25) is 5.15 Å². The first-order valence-electron chi connectivity index (χ1n) is 43.7. The minimum Gasteiger partial charge on any atom is -0.462 e. The molecule has 0 bridgehead atoms. The van der Waals surface area contributed by atoms with Crippen LogP contribution in [-0.4, -0.2) is 252 Å². The van der Waals surface area contributed by atoms with E-state index >= 15 is 0 Å². The van der Waals surface area contributed by atoms with E-state index in [-0.39, 0.29) is 56.5 Å². The number of hydrogen-bond donors (Lipinski definition) is 11. The van der Waals surface area contributed by atoms with Gasteiger partial charge in [0.15, 0.2) is 50.0 Å². The fourth-order valence-electron chi connectivity index (χ4n) is 12.9. The number of thiazole rings is 4. The second kappa shape index (κ2) is 50.4. The van der Waals surface area contributed by atoms with Crippen molar-refractivity contribution in [1.29, 1.82) is 0 Å². The Hall–Kier alpha value is -12.7. The maximum Gasteiger partial charge on any atom is 0.350 e. The van der Waals surface area contributed by atoms with Gasteiger partial charge in [0.25, 0.3) is 0 Å². The number of primary sulfonamides is 1. The molecule has 10 heterocycles. The number of aromatic nitrogens is 12. The van der Waals surface area contributed by atoms with Crippen LogP contribution in [0.5, 0.6) is 0 Å². The average Bonchev–Trinajstić information content (AvgIpc) is 1.60. The van der Waals surface area contributed by atoms with Crippen LogP contribution in [0, 0.1) is 27.7 Å². The number of sulfonamides is 1. The summed E-state index contributed by atoms with van der Waals surface area (Å²) in [6.45, 7) is 25.4. The fraction of sp³-hybridized carbons (Fsp3) is 0.364. The second-order valence-corrected chi connectivity index (χ2v) is 43.0. The Balaban J connectivity index is 0.000000179. The molecule has 2 aliphatic heterocycles. The van der Waals surface area contributed by atoms with Crippen molar-refractivity contribution in [3.05, 3.63) is 191 Å². The van der Waals surface area contributed by atoms with Crippen LogP contribution in [0.3, 0.4) is 0 Å². The average molecular weight is 2090 g/mol. The molecule has 2 saturated heterocycles. The van der Waals surface area contributed by atoms with E-state index in [9.17, 15) is 52.8 Å². The van der Waals surface area contributed by atoms with Crippen molar-refractivity contribution in [3.8, 4) is 0 Å². The van der Waals surface area contributed by atoms with Gasteiger partial charge in [-0.3, -0.25) is 26.2 Å². The first-order valence-corrected chi connectivity index (χ1v) is 54.5. The highest BCUT2D eigenvalue weighted by Gasteiger charge is 2.26. The molecule has 140 heavy (non-hydrogen) atoms. The molecule has 0 unspecified atom stereocenters. The molecule has 12 N–H and O–H groups in total. The van der Waals surface area contributed by atoms with Crippen LogP contribution in [0.1, 0.15) is 118 Å². The Kier molecular flexibility index (Phi) is 38.8. The summed E-state index contributed by atoms with van der Waals surface area (Å²) in [5.41, 5.74) is 5.77. The number of ether oxygens (including phenoxy) is 5. The number of anilines is 15. The molecular formula is C88H109ClN26O17S8. The van der Waals surface area contributed by atoms with Crippen molar-refractivity contribution in [2.45, 2.75) is 108 Å². The van der Waals surface area contributed by atoms with Gasteiger partial charge in [0.2, 0.25) is 33.8 Å². The molecule has 52 heteroatoms. The van der Waals surface area contributed by atoms with Gasteiger partial charge in [-0.2, -0.15) is 34.9 Å². The highest BCUT2D eigenvalue weighted by molar-refractivity contribution is 7.91. The number of carbonyl (C=O) groups excluding carboxylic acids is 4. The maximum atomic E-state index is 12.2. The van der Waals surface area contributed by atoms with Gasteiger partial charge < -0.3 is 65.4 Å². The van der Waals surface area contributed by atoms with E-state index in [1.165, 1.54) is 47.3 Å². The van der Waals surface area contributed by atoms with Crippen molar-refractivity contribution in [2.24, 2.45) is 5.14 Å². The van der Waals surface area contributed by atoms with E-state index in [1.807, 2.05) is 12.1 Å². The van der Waals surface area contributed by atoms with Crippen molar-refractivity contribution in [1.82, 2.24) is 69.6 Å². The standard InChI is InChI=1S/C26H35N7O5S2.C24H31N7O4S2.C19H20ClN5O4S2.C19H23N7O4S2/c1-4-38-24(34)23-18(2)29-26(39-23)32-25-30-21(27-10-5-11-33-12-14-37-15-13-33)16-22(31-25)28-17-19-6-8-20(9-7-19)40(3,35)36;1-5-35-22(32)21-16(2)26-24(36-21)29-23-27-19(14-20(28-23)31-12-10-30(3)11-13-31)25-15-17-6-8-18(9-7-17)37(4,33)34;1-4-29-17(26)16-11(2)22-19(30-16)25-18-23-14(20)9-15(24-18)21-10-12-5-7-13(8-6-12)31(3,27)28;1-4-30-17(27)16-11(2)23-19(31-16)26-18-24-14(21-3)9-15(25-18)22-10-12-5-7-13(8-6-12)32(20,28)29/h6-9,16H,4-5,10-15,17H2,1-3H3,(H3,27,28,29,30,31,32);6-9,14H,5,10-13,15H2,1-4H3,(H2,25,26,27,28,29);5-9H,4,10H2,1-3H3,(H2,21,22,23,24,25);5-9H,4,10H2,1-3H3,(H2,20,28,29)(H3,21,22,23,24,25,26). The van der Waals surface area contributed by atoms with Crippen molar-refractivity contribution < 1.29 is 76.5 Å². The molecule has 0 aliphatic carbocycles. The van der Waals surface area contributed by atoms with Crippen LogP contribution in [-0.2, 0) is 89.4 Å². The van der Waals surface area contributed by atoms with Crippen molar-refractivity contribution in [2.75, 3.05) is 183 Å². The predicted octanol–water partition coefficient (Wildman–Crippen LogP) is 12.5. The van der Waals surface area contributed by atoms with Crippen molar-refractivity contribution in [3.63, 3.8) is 0 Å². The monoisotopic (exact) mass is 2090 g/mol. The highest BCUT2D eigenvalue weighted by Crippen LogP contribution is 2.34. The van der Waals surface area contributed by atoms with Gasteiger partial charge in [-0.25, -0.2) is 82.9 Å². The summed E-state index contributed by atoms with van der Waals surface area (Å²) in [5.74, 6) is 3.66. The Morgan fingerprint density at radius 1 is 0.400 bits per heavy atom. The second-order valence-electron chi connectivity index (χ2n) is 31.0. The quantitative estimate of drug-likeness (QED) is 0.00737. The molecule has 2 aliphatic rings. The van der Waals surface area contributed by atoms with Gasteiger partial charge in [0.1, 0.15) is 65.4 Å². The lowest BCUT2D eigenvalue weighted by Gasteiger charge is -2.33. The Labute approximate surface area is 832 Å². The first kappa shape index (κ1) is 108. The summed E-state index contributed by atoms with van der Waals surface area (Å²) in [4.78, 5) is 111. The minimum absolute atomic E-state index is 0.0492. The lowest BCUT2D eigenvalue weighted by Crippen LogP contribution is -2.44. The van der Waals surface area contributed by atoms with Gasteiger partial charge in [-0.1, -0.05) is 105 Å². The number of halogens is 1. The number of rotatable bonds is 39. The summed E-state index contributed by atoms with van der Waals surface area (Å²) >= 11 is 10.8. The summed E-state index contributed by atoms with van der Waals surface area (Å²) in [5, 5.41) is 38.7. The van der Waals surface area contributed by atoms with E-state index in [2.05, 4.69) is 130 Å². The fourth-order valence-corrected chi connectivity index (χ4v) is 19.0. The molecule has 12 aromatic rings. The lowest BCUT2D eigenvalue weighted by molar-refractivity contribution is 0.0378. The minimum atomic E-state index is -3.73. The smallest absolute Gasteiger partial charge is 0.350 e. The zero-order valence-corrected chi connectivity index (χ0v) is 86.1. The number of aryl methyl sites for hydroxylation is 4. The van der Waals surface area contributed by atoms with Gasteiger partial charge in [-0.15, -0.1) is 0 Å². The van der Waals surface area contributed by atoms with Crippen LogP contribution in [0.25, 0.3) is 0 Å². The maximum absolute atomic E-state index is 12.2. The van der Waals surface area contributed by atoms with E-state index in [4.69, 9.17) is 45.4 Å². The summed E-state index contributed by atoms with van der Waals surface area (Å²) in [7, 11) is -9.65. The van der Waals surface area contributed by atoms with Gasteiger partial charge >= 0.3 is 23.9 Å². The molecule has 2 fully saturated rings. The molecule has 0 radical (unpaired) electrons. The largest absolute Gasteiger partial charge is 0.462 e. The SMILES string of the molecule is CCOC(=O)c1sc(Nc2nc(Cl)cc(NCc3ccc(S(C)(=O)=O)cc3)n2)nc1C.CCOC(=O)c1sc(Nc2nc(NC)cc(NCc3ccc(S(N)(=O)=O)cc3)n2)nc1C.CCOC(=O)c1sc(Nc2nc(NCCCN3CCOCC3)cc(NCc3ccc(S(C)(=O)=O)cc3)n2)nc1C.CCOC(=O)c1sc(Nc2nc(NCc3ccc(S(C)(=O)=O)cc3)cc(N3CCN(C)CC3)n2)nc1C. The van der Waals surface area contributed by atoms with Gasteiger partial charge in [-0.05, 0) is 146 Å². The Morgan fingerprint density at radius 2 is 0.700 bits per heavy atom. The number of benzene rings is 4. The number of carbonyl (C=O) groups is 4. The number of nitrogens with one attached hydrogen (secondary N) is 10. The first-order chi connectivity index (χ1) is 66.7. The number of nitrogens with two attached hydrogens (primary N) is 1. The number of esters is 4.